The summed E-state index contributed by atoms with van der Waals surface area (Å²) < 4.78 is 8.65. The molecule has 0 saturated heterocycles. The van der Waals surface area contributed by atoms with Crippen LogP contribution in [0.5, 0.6) is 0 Å². The molecule has 0 N–H and O–H groups in total. The Morgan fingerprint density at radius 1 is 1.42 bits per heavy atom. The third-order valence-electron chi connectivity index (χ3n) is 0.854. The van der Waals surface area contributed by atoms with Gasteiger partial charge in [-0.3, -0.25) is 0 Å². The van der Waals surface area contributed by atoms with Gasteiger partial charge in [-0.2, -0.15) is 0 Å². The van der Waals surface area contributed by atoms with Gasteiger partial charge in [0, 0.05) is 12.2 Å². The summed E-state index contributed by atoms with van der Waals surface area (Å²) >= 11 is 0. The summed E-state index contributed by atoms with van der Waals surface area (Å²) in [7, 11) is 1.21. The minimum absolute atomic E-state index is 0.107. The van der Waals surface area contributed by atoms with Gasteiger partial charge in [-0.15, -0.1) is 6.42 Å². The molecule has 0 aliphatic carbocycles. The Morgan fingerprint density at radius 3 is 2.50 bits per heavy atom. The minimum Gasteiger partial charge on any atom is -0.466 e. The highest BCUT2D eigenvalue weighted by atomic mass is 16.5. The van der Waals surface area contributed by atoms with Crippen molar-refractivity contribution in [2.75, 3.05) is 13.7 Å². The molecule has 0 aromatic carbocycles. The van der Waals surface area contributed by atoms with Crippen LogP contribution in [0.25, 0.3) is 0 Å². The molecule has 4 heteroatoms. The molecule has 0 bridgehead atoms. The highest BCUT2D eigenvalue weighted by Gasteiger charge is 1.96. The maximum absolute atomic E-state index is 10.6. The van der Waals surface area contributed by atoms with Crippen molar-refractivity contribution in [2.45, 2.75) is 0 Å². The minimum atomic E-state index is -0.668. The summed E-state index contributed by atoms with van der Waals surface area (Å²) in [5.41, 5.74) is 0. The van der Waals surface area contributed by atoms with E-state index in [2.05, 4.69) is 15.4 Å². The molecule has 0 atom stereocenters. The van der Waals surface area contributed by atoms with E-state index in [0.717, 1.165) is 12.2 Å². The fraction of sp³-hybridized carbons (Fsp3) is 0.250. The van der Waals surface area contributed by atoms with E-state index in [-0.39, 0.29) is 6.61 Å². The molecule has 0 spiro atoms. The summed E-state index contributed by atoms with van der Waals surface area (Å²) in [6.07, 6.45) is 6.72. The van der Waals surface area contributed by atoms with Crippen molar-refractivity contribution in [3.8, 4) is 12.3 Å². The lowest BCUT2D eigenvalue weighted by Crippen LogP contribution is -2.02. The Bertz CT molecular complexity index is 234. The molecule has 0 rings (SSSR count). The van der Waals surface area contributed by atoms with Gasteiger partial charge in [0.15, 0.2) is 6.61 Å². The Labute approximate surface area is 70.2 Å². The van der Waals surface area contributed by atoms with E-state index in [4.69, 9.17) is 6.42 Å². The van der Waals surface area contributed by atoms with Gasteiger partial charge in [-0.25, -0.2) is 9.59 Å². The van der Waals surface area contributed by atoms with E-state index in [1.165, 1.54) is 7.11 Å². The summed E-state index contributed by atoms with van der Waals surface area (Å²) in [5, 5.41) is 0. The normalized spacial score (nSPS) is 9.00. The van der Waals surface area contributed by atoms with Crippen LogP contribution in [-0.2, 0) is 19.1 Å². The Kier molecular flexibility index (Phi) is 5.11. The standard InChI is InChI=1S/C8H8O4/c1-3-6-12-8(10)5-4-7(9)11-2/h1,4-5H,6H2,2H3. The van der Waals surface area contributed by atoms with Crippen molar-refractivity contribution in [1.82, 2.24) is 0 Å². The van der Waals surface area contributed by atoms with Crippen LogP contribution in [-0.4, -0.2) is 25.7 Å². The van der Waals surface area contributed by atoms with E-state index in [0.29, 0.717) is 0 Å². The number of hydrogen-bond acceptors (Lipinski definition) is 4. The highest BCUT2D eigenvalue weighted by molar-refractivity contribution is 5.91. The zero-order chi connectivity index (χ0) is 9.40. The molecule has 0 aromatic rings. The Hall–Kier alpha value is -1.76. The third-order valence-corrected chi connectivity index (χ3v) is 0.854. The van der Waals surface area contributed by atoms with E-state index in [9.17, 15) is 9.59 Å². The molecule has 12 heavy (non-hydrogen) atoms. The van der Waals surface area contributed by atoms with Crippen molar-refractivity contribution in [2.24, 2.45) is 0 Å². The second-order valence-electron chi connectivity index (χ2n) is 1.67. The molecule has 0 saturated carbocycles. The number of esters is 2. The van der Waals surface area contributed by atoms with Crippen LogP contribution in [0.2, 0.25) is 0 Å². The van der Waals surface area contributed by atoms with Crippen molar-refractivity contribution in [3.05, 3.63) is 12.2 Å². The van der Waals surface area contributed by atoms with Crippen LogP contribution >= 0.6 is 0 Å². The van der Waals surface area contributed by atoms with Gasteiger partial charge >= 0.3 is 11.9 Å². The fourth-order valence-electron chi connectivity index (χ4n) is 0.365. The summed E-state index contributed by atoms with van der Waals surface area (Å²) in [6, 6.07) is 0. The first-order chi connectivity index (χ1) is 5.70. The highest BCUT2D eigenvalue weighted by Crippen LogP contribution is 1.82. The molecule has 0 fully saturated rings. The average molecular weight is 168 g/mol. The predicted molar refractivity (Wildman–Crippen MR) is 40.9 cm³/mol. The second kappa shape index (κ2) is 5.98. The van der Waals surface area contributed by atoms with Gasteiger partial charge in [0.25, 0.3) is 0 Å². The molecule has 0 aliphatic rings. The van der Waals surface area contributed by atoms with Gasteiger partial charge in [0.2, 0.25) is 0 Å². The van der Waals surface area contributed by atoms with Gasteiger partial charge in [-0.05, 0) is 0 Å². The molecule has 0 amide bonds. The molecule has 64 valence electrons. The molecule has 0 aromatic heterocycles. The van der Waals surface area contributed by atoms with Crippen LogP contribution in [0.3, 0.4) is 0 Å². The molecule has 0 unspecified atom stereocenters. The fourth-order valence-corrected chi connectivity index (χ4v) is 0.365. The number of rotatable bonds is 3. The van der Waals surface area contributed by atoms with E-state index in [1.807, 2.05) is 0 Å². The maximum Gasteiger partial charge on any atom is 0.331 e. The zero-order valence-electron chi connectivity index (χ0n) is 6.57. The lowest BCUT2D eigenvalue weighted by molar-refractivity contribution is -0.138. The number of carbonyl (C=O) groups is 2. The summed E-state index contributed by atoms with van der Waals surface area (Å²) in [6.45, 7) is -0.107. The number of hydrogen-bond donors (Lipinski definition) is 0. The van der Waals surface area contributed by atoms with Gasteiger partial charge in [0.1, 0.15) is 0 Å². The lowest BCUT2D eigenvalue weighted by Gasteiger charge is -1.93. The molecule has 0 heterocycles. The molecule has 0 aliphatic heterocycles. The quantitative estimate of drug-likeness (QED) is 0.335. The van der Waals surface area contributed by atoms with Gasteiger partial charge < -0.3 is 9.47 Å². The van der Waals surface area contributed by atoms with E-state index in [1.54, 1.807) is 0 Å². The number of terminal acetylenes is 1. The predicted octanol–water partition coefficient (Wildman–Crippen LogP) is -0.108. The first kappa shape index (κ1) is 10.2. The van der Waals surface area contributed by atoms with Crippen molar-refractivity contribution >= 4 is 11.9 Å². The SMILES string of the molecule is C#CCOC(=O)C=CC(=O)OC. The van der Waals surface area contributed by atoms with Crippen molar-refractivity contribution in [3.63, 3.8) is 0 Å². The first-order valence-electron chi connectivity index (χ1n) is 3.07. The first-order valence-corrected chi connectivity index (χ1v) is 3.07. The van der Waals surface area contributed by atoms with Crippen LogP contribution in [0.1, 0.15) is 0 Å². The smallest absolute Gasteiger partial charge is 0.331 e. The topological polar surface area (TPSA) is 52.6 Å². The average Bonchev–Trinajstić information content (AvgIpc) is 2.10. The summed E-state index contributed by atoms with van der Waals surface area (Å²) in [4.78, 5) is 21.0. The Balaban J connectivity index is 3.77. The molecule has 4 nitrogen and oxygen atoms in total. The number of methoxy groups -OCH3 is 1. The van der Waals surface area contributed by atoms with Crippen molar-refractivity contribution < 1.29 is 19.1 Å². The lowest BCUT2D eigenvalue weighted by atomic mass is 10.5. The van der Waals surface area contributed by atoms with E-state index >= 15 is 0 Å². The largest absolute Gasteiger partial charge is 0.466 e. The van der Waals surface area contributed by atoms with Crippen LogP contribution in [0.15, 0.2) is 12.2 Å². The summed E-state index contributed by atoms with van der Waals surface area (Å²) in [5.74, 6) is 0.821. The Morgan fingerprint density at radius 2 is 2.00 bits per heavy atom. The molecule has 0 radical (unpaired) electrons. The van der Waals surface area contributed by atoms with Crippen molar-refractivity contribution in [1.29, 1.82) is 0 Å². The monoisotopic (exact) mass is 168 g/mol. The van der Waals surface area contributed by atoms with Crippen LogP contribution in [0.4, 0.5) is 0 Å². The second-order valence-corrected chi connectivity index (χ2v) is 1.67. The van der Waals surface area contributed by atoms with Gasteiger partial charge in [0.05, 0.1) is 7.11 Å². The maximum atomic E-state index is 10.6. The molecular formula is C8H8O4. The third kappa shape index (κ3) is 5.06. The van der Waals surface area contributed by atoms with Crippen LogP contribution in [0, 0.1) is 12.3 Å². The molecular weight excluding hydrogens is 160 g/mol. The number of ether oxygens (including phenoxy) is 2. The van der Waals surface area contributed by atoms with Gasteiger partial charge in [-0.1, -0.05) is 5.92 Å². The van der Waals surface area contributed by atoms with E-state index < -0.39 is 11.9 Å². The van der Waals surface area contributed by atoms with Crippen LogP contribution < -0.4 is 0 Å². The zero-order valence-corrected chi connectivity index (χ0v) is 6.57. The number of carbonyl (C=O) groups excluding carboxylic acids is 2.